The Kier molecular flexibility index (Phi) is 54.3. The molecule has 0 rings (SSSR count). The summed E-state index contributed by atoms with van der Waals surface area (Å²) in [6.45, 7) is 4.68. The lowest BCUT2D eigenvalue weighted by Gasteiger charge is -2.25. The van der Waals surface area contributed by atoms with E-state index in [1.165, 1.54) is 122 Å². The number of phosphoric ester groups is 1. The third-order valence-electron chi connectivity index (χ3n) is 13.2. The molecule has 8 nitrogen and oxygen atoms in total. The van der Waals surface area contributed by atoms with Crippen molar-refractivity contribution in [2.45, 2.75) is 257 Å². The van der Waals surface area contributed by atoms with Gasteiger partial charge >= 0.3 is 7.82 Å². The Morgan fingerprint density at radius 3 is 1.16 bits per heavy atom. The van der Waals surface area contributed by atoms with Gasteiger partial charge in [-0.1, -0.05) is 270 Å². The topological polar surface area (TPSA) is 105 Å². The lowest BCUT2D eigenvalue weighted by Crippen LogP contribution is -2.45. The third-order valence-corrected chi connectivity index (χ3v) is 14.2. The van der Waals surface area contributed by atoms with Crippen LogP contribution in [0.3, 0.4) is 0 Å². The number of nitrogens with one attached hydrogen (secondary N) is 1. The number of carbonyl (C=O) groups is 1. The first kappa shape index (κ1) is 72.9. The number of amides is 1. The SMILES string of the molecule is CC/C=C\C/C=C\C/C=C\C/C=C\C/C=C\C/C=C\C/C=C\C/C=C\C/C=C\CCCCCC(=O)NC(COP(=O)(O)OCC[N+](C)(C)C)C(O)/C=C/CCCCCCCCCCCCCCCCCCCCCCC. The third kappa shape index (κ3) is 58.6. The van der Waals surface area contributed by atoms with E-state index in [-0.39, 0.29) is 19.1 Å². The van der Waals surface area contributed by atoms with Gasteiger partial charge in [0.05, 0.1) is 39.9 Å². The van der Waals surface area contributed by atoms with Gasteiger partial charge in [-0.05, 0) is 89.9 Å². The van der Waals surface area contributed by atoms with E-state index in [0.29, 0.717) is 17.4 Å². The summed E-state index contributed by atoms with van der Waals surface area (Å²) < 4.78 is 23.7. The molecule has 0 aromatic rings. The minimum atomic E-state index is -4.37. The highest BCUT2D eigenvalue weighted by molar-refractivity contribution is 7.47. The van der Waals surface area contributed by atoms with E-state index < -0.39 is 20.0 Å². The number of aliphatic hydroxyl groups excluding tert-OH is 1. The molecule has 0 aliphatic heterocycles. The van der Waals surface area contributed by atoms with Crippen LogP contribution in [0.4, 0.5) is 0 Å². The minimum Gasteiger partial charge on any atom is -0.387 e. The van der Waals surface area contributed by atoms with E-state index in [0.717, 1.165) is 103 Å². The fourth-order valence-corrected chi connectivity index (χ4v) is 9.12. The summed E-state index contributed by atoms with van der Waals surface area (Å²) in [6.07, 6.45) is 84.5. The zero-order valence-corrected chi connectivity index (χ0v) is 50.6. The van der Waals surface area contributed by atoms with Crippen LogP contribution in [0.25, 0.3) is 0 Å². The first-order valence-corrected chi connectivity index (χ1v) is 32.4. The smallest absolute Gasteiger partial charge is 0.387 e. The van der Waals surface area contributed by atoms with Gasteiger partial charge in [0.15, 0.2) is 0 Å². The summed E-state index contributed by atoms with van der Waals surface area (Å²) in [5, 5.41) is 13.9. The lowest BCUT2D eigenvalue weighted by atomic mass is 10.0. The number of carbonyl (C=O) groups excluding carboxylic acids is 1. The van der Waals surface area contributed by atoms with Crippen molar-refractivity contribution in [2.24, 2.45) is 0 Å². The molecule has 0 aliphatic carbocycles. The number of phosphoric acid groups is 1. The molecule has 0 aromatic heterocycles. The molecule has 3 N–H and O–H groups in total. The second-order valence-electron chi connectivity index (χ2n) is 21.7. The number of rotatable bonds is 55. The van der Waals surface area contributed by atoms with Crippen molar-refractivity contribution >= 4 is 13.7 Å². The summed E-state index contributed by atoms with van der Waals surface area (Å²) in [7, 11) is 1.53. The fraction of sp³-hybridized carbons (Fsp3) is 0.687. The number of hydrogen-bond donors (Lipinski definition) is 3. The lowest BCUT2D eigenvalue weighted by molar-refractivity contribution is -0.870. The molecule has 0 radical (unpaired) electrons. The van der Waals surface area contributed by atoms with Crippen LogP contribution in [0.2, 0.25) is 0 Å². The molecule has 0 spiro atoms. The predicted octanol–water partition coefficient (Wildman–Crippen LogP) is 19.3. The molecule has 9 heteroatoms. The van der Waals surface area contributed by atoms with E-state index in [4.69, 9.17) is 9.05 Å². The summed E-state index contributed by atoms with van der Waals surface area (Å²) in [5.41, 5.74) is 0. The second-order valence-corrected chi connectivity index (χ2v) is 23.2. The van der Waals surface area contributed by atoms with E-state index >= 15 is 0 Å². The Labute approximate surface area is 469 Å². The maximum Gasteiger partial charge on any atom is 0.472 e. The van der Waals surface area contributed by atoms with Gasteiger partial charge in [-0.2, -0.15) is 0 Å². The van der Waals surface area contributed by atoms with E-state index in [1.54, 1.807) is 6.08 Å². The van der Waals surface area contributed by atoms with Crippen LogP contribution in [0.5, 0.6) is 0 Å². The molecule has 0 bridgehead atoms. The van der Waals surface area contributed by atoms with Gasteiger partial charge < -0.3 is 19.8 Å². The molecule has 0 saturated heterocycles. The molecule has 3 unspecified atom stereocenters. The summed E-state index contributed by atoms with van der Waals surface area (Å²) in [6, 6.07) is -0.875. The number of aliphatic hydroxyl groups is 1. The highest BCUT2D eigenvalue weighted by atomic mass is 31.2. The van der Waals surface area contributed by atoms with Crippen LogP contribution in [0.1, 0.15) is 245 Å². The number of nitrogens with zero attached hydrogens (tertiary/aromatic N) is 1. The minimum absolute atomic E-state index is 0.0482. The number of allylic oxidation sites excluding steroid dienone is 19. The molecule has 3 atom stereocenters. The van der Waals surface area contributed by atoms with Gasteiger partial charge in [-0.25, -0.2) is 4.57 Å². The number of quaternary nitrogens is 1. The van der Waals surface area contributed by atoms with Crippen LogP contribution in [0, 0.1) is 0 Å². The van der Waals surface area contributed by atoms with Crippen molar-refractivity contribution in [2.75, 3.05) is 40.9 Å². The van der Waals surface area contributed by atoms with E-state index in [1.807, 2.05) is 27.2 Å². The average Bonchev–Trinajstić information content (AvgIpc) is 3.38. The molecule has 1 amide bonds. The quantitative estimate of drug-likeness (QED) is 0.0243. The van der Waals surface area contributed by atoms with Crippen LogP contribution in [-0.4, -0.2) is 73.4 Å². The Balaban J connectivity index is 4.31. The van der Waals surface area contributed by atoms with Crippen LogP contribution in [-0.2, 0) is 18.4 Å². The predicted molar refractivity (Wildman–Crippen MR) is 332 cm³/mol. The highest BCUT2D eigenvalue weighted by Gasteiger charge is 2.27. The Hall–Kier alpha value is -3.10. The monoisotopic (exact) mass is 1080 g/mol. The first-order chi connectivity index (χ1) is 37.0. The Bertz CT molecular complexity index is 1650. The normalized spacial score (nSPS) is 14.7. The van der Waals surface area contributed by atoms with Crippen LogP contribution < -0.4 is 5.32 Å². The molecular weight excluding hydrogens is 960 g/mol. The first-order valence-electron chi connectivity index (χ1n) is 30.9. The summed E-state index contributed by atoms with van der Waals surface area (Å²) in [5.74, 6) is -0.212. The van der Waals surface area contributed by atoms with Gasteiger partial charge in [-0.3, -0.25) is 13.8 Å². The largest absolute Gasteiger partial charge is 0.472 e. The molecule has 436 valence electrons. The standard InChI is InChI=1S/C67H117N2O6P/c1-6-8-10-12-14-16-18-20-22-24-26-28-30-31-32-33-34-35-36-37-39-41-43-45-47-49-51-53-55-57-59-61-67(71)68-65(64-75-76(72,73)74-63-62-69(3,4)5)66(70)60-58-56-54-52-50-48-46-44-42-40-38-29-27-25-23-21-19-17-15-13-11-9-7-2/h8,10,14,16,20,22,26,28,31-32,34-35,37,39,43,45,49,51,58,60,65-66,70H,6-7,9,11-13,15,17-19,21,23-25,27,29-30,33,36,38,40-42,44,46-48,50,52-57,59,61-64H2,1-5H3,(H-,68,71,72,73)/p+1/b10-8-,16-14-,22-20-,28-26-,32-31-,35-34-,39-37-,45-43-,51-49-,60-58+. The maximum absolute atomic E-state index is 13.0. The van der Waals surface area contributed by atoms with Crippen molar-refractivity contribution in [3.8, 4) is 0 Å². The van der Waals surface area contributed by atoms with Gasteiger partial charge in [0, 0.05) is 6.42 Å². The summed E-state index contributed by atoms with van der Waals surface area (Å²) in [4.78, 5) is 23.3. The van der Waals surface area contributed by atoms with Gasteiger partial charge in [0.2, 0.25) is 5.91 Å². The Morgan fingerprint density at radius 2 is 0.789 bits per heavy atom. The van der Waals surface area contributed by atoms with Gasteiger partial charge in [-0.15, -0.1) is 0 Å². The molecule has 0 fully saturated rings. The maximum atomic E-state index is 13.0. The molecule has 0 saturated carbocycles. The van der Waals surface area contributed by atoms with Crippen molar-refractivity contribution in [3.05, 3.63) is 122 Å². The van der Waals surface area contributed by atoms with E-state index in [2.05, 4.69) is 129 Å². The van der Waals surface area contributed by atoms with Crippen molar-refractivity contribution in [1.29, 1.82) is 0 Å². The molecule has 0 aromatic carbocycles. The Morgan fingerprint density at radius 1 is 0.461 bits per heavy atom. The molecule has 0 aliphatic rings. The zero-order chi connectivity index (χ0) is 55.6. The second kappa shape index (κ2) is 56.6. The van der Waals surface area contributed by atoms with Crippen LogP contribution >= 0.6 is 7.82 Å². The van der Waals surface area contributed by atoms with Crippen molar-refractivity contribution in [3.63, 3.8) is 0 Å². The van der Waals surface area contributed by atoms with E-state index in [9.17, 15) is 19.4 Å². The number of likely N-dealkylation sites (N-methyl/N-ethyl adjacent to an activating group) is 1. The molecule has 76 heavy (non-hydrogen) atoms. The van der Waals surface area contributed by atoms with Gasteiger partial charge in [0.1, 0.15) is 13.2 Å². The van der Waals surface area contributed by atoms with Crippen LogP contribution in [0.15, 0.2) is 122 Å². The number of hydrogen-bond acceptors (Lipinski definition) is 5. The zero-order valence-electron chi connectivity index (χ0n) is 49.7. The van der Waals surface area contributed by atoms with Gasteiger partial charge in [0.25, 0.3) is 0 Å². The summed E-state index contributed by atoms with van der Waals surface area (Å²) >= 11 is 0. The molecular formula is C67H118N2O6P+. The molecule has 0 heterocycles. The van der Waals surface area contributed by atoms with Crippen molar-refractivity contribution in [1.82, 2.24) is 5.32 Å². The fourth-order valence-electron chi connectivity index (χ4n) is 8.39. The number of unbranched alkanes of at least 4 members (excludes halogenated alkanes) is 24. The van der Waals surface area contributed by atoms with Crippen molar-refractivity contribution < 1.29 is 32.9 Å². The highest BCUT2D eigenvalue weighted by Crippen LogP contribution is 2.43. The average molecular weight is 1080 g/mol.